The smallest absolute Gasteiger partial charge is 0.247 e. The second kappa shape index (κ2) is 14.3. The van der Waals surface area contributed by atoms with Crippen LogP contribution in [0.15, 0.2) is 36.7 Å². The topological polar surface area (TPSA) is 141 Å². The first-order valence-electron chi connectivity index (χ1n) is 16.1. The molecule has 3 heterocycles. The SMILES string of the molecule is CN[C@@H](C)C(=O)N[C@H](C(=O)N1CCCC1C(=O)Nc1cc2c(Nc3ccc(N4CCCC4)c(Cl)c3)ncnc2cc1OC)C(C)(C)C. The van der Waals surface area contributed by atoms with Crippen molar-refractivity contribution in [2.45, 2.75) is 71.5 Å². The van der Waals surface area contributed by atoms with Crippen molar-refractivity contribution in [1.29, 1.82) is 0 Å². The summed E-state index contributed by atoms with van der Waals surface area (Å²) in [4.78, 5) is 53.2. The first-order chi connectivity index (χ1) is 22.4. The van der Waals surface area contributed by atoms with Crippen LogP contribution in [0.1, 0.15) is 53.4 Å². The Morgan fingerprint density at radius 1 is 1.04 bits per heavy atom. The van der Waals surface area contributed by atoms with Gasteiger partial charge in [-0.25, -0.2) is 9.97 Å². The summed E-state index contributed by atoms with van der Waals surface area (Å²) in [5.74, 6) is 0.0530. The molecule has 2 aliphatic heterocycles. The van der Waals surface area contributed by atoms with Gasteiger partial charge in [0.05, 0.1) is 35.1 Å². The van der Waals surface area contributed by atoms with Gasteiger partial charge in [0.25, 0.3) is 0 Å². The zero-order valence-electron chi connectivity index (χ0n) is 27.9. The zero-order valence-corrected chi connectivity index (χ0v) is 28.7. The maximum absolute atomic E-state index is 13.9. The summed E-state index contributed by atoms with van der Waals surface area (Å²) in [5, 5.41) is 13.5. The molecule has 3 aromatic rings. The van der Waals surface area contributed by atoms with E-state index < -0.39 is 23.5 Å². The largest absolute Gasteiger partial charge is 0.494 e. The minimum absolute atomic E-state index is 0.279. The van der Waals surface area contributed by atoms with Gasteiger partial charge in [-0.3, -0.25) is 14.4 Å². The molecule has 12 nitrogen and oxygen atoms in total. The predicted octanol–water partition coefficient (Wildman–Crippen LogP) is 4.70. The van der Waals surface area contributed by atoms with Crippen LogP contribution in [-0.2, 0) is 14.4 Å². The van der Waals surface area contributed by atoms with Crippen molar-refractivity contribution in [2.24, 2.45) is 5.41 Å². The molecule has 1 unspecified atom stereocenters. The van der Waals surface area contributed by atoms with E-state index >= 15 is 0 Å². The Labute approximate surface area is 281 Å². The lowest BCUT2D eigenvalue weighted by atomic mass is 9.85. The van der Waals surface area contributed by atoms with Gasteiger partial charge < -0.3 is 35.8 Å². The fraction of sp³-hybridized carbons (Fsp3) is 0.500. The fourth-order valence-electron chi connectivity index (χ4n) is 6.12. The van der Waals surface area contributed by atoms with Crippen LogP contribution in [0.3, 0.4) is 0 Å². The number of hydrogen-bond acceptors (Lipinski definition) is 9. The molecule has 3 atom stereocenters. The molecule has 0 saturated carbocycles. The van der Waals surface area contributed by atoms with E-state index in [1.54, 1.807) is 31.0 Å². The molecule has 0 bridgehead atoms. The van der Waals surface area contributed by atoms with Crippen molar-refractivity contribution in [2.75, 3.05) is 49.3 Å². The third-order valence-electron chi connectivity index (χ3n) is 8.94. The molecule has 0 radical (unpaired) electrons. The number of hydrogen-bond donors (Lipinski definition) is 4. The van der Waals surface area contributed by atoms with Crippen molar-refractivity contribution >= 4 is 63.1 Å². The minimum Gasteiger partial charge on any atom is -0.494 e. The highest BCUT2D eigenvalue weighted by molar-refractivity contribution is 6.33. The number of aromatic nitrogens is 2. The van der Waals surface area contributed by atoms with Gasteiger partial charge in [-0.15, -0.1) is 0 Å². The maximum Gasteiger partial charge on any atom is 0.247 e. The van der Waals surface area contributed by atoms with Gasteiger partial charge in [0, 0.05) is 36.8 Å². The van der Waals surface area contributed by atoms with Crippen molar-refractivity contribution in [1.82, 2.24) is 25.5 Å². The molecular weight excluding hydrogens is 620 g/mol. The average molecular weight is 665 g/mol. The van der Waals surface area contributed by atoms with Gasteiger partial charge in [0.2, 0.25) is 17.7 Å². The number of nitrogens with zero attached hydrogens (tertiary/aromatic N) is 4. The van der Waals surface area contributed by atoms with Gasteiger partial charge >= 0.3 is 0 Å². The Hall–Kier alpha value is -4.16. The molecule has 2 fully saturated rings. The van der Waals surface area contributed by atoms with Crippen LogP contribution in [0.4, 0.5) is 22.9 Å². The van der Waals surface area contributed by atoms with E-state index in [4.69, 9.17) is 16.3 Å². The number of fused-ring (bicyclic) bond motifs is 1. The number of carbonyl (C=O) groups is 3. The standard InChI is InChI=1S/C34H45ClN8O4/c1-20(36-5)31(44)41-29(34(2,3)4)33(46)43-15-9-10-27(43)32(45)40-25-17-22-24(18-28(25)47-6)37-19-38-30(22)39-21-11-12-26(23(35)16-21)42-13-7-8-14-42/h11-12,16-20,27,29,36H,7-10,13-15H2,1-6H3,(H,40,45)(H,41,44)(H,37,38,39)/t20-,27?,29+/m0/s1. The van der Waals surface area contributed by atoms with Crippen molar-refractivity contribution in [3.63, 3.8) is 0 Å². The summed E-state index contributed by atoms with van der Waals surface area (Å²) in [6.07, 6.45) is 4.94. The number of ether oxygens (including phenoxy) is 1. The van der Waals surface area contributed by atoms with E-state index in [2.05, 4.69) is 36.1 Å². The van der Waals surface area contributed by atoms with Crippen molar-refractivity contribution in [3.05, 3.63) is 41.7 Å². The Kier molecular flexibility index (Phi) is 10.4. The molecule has 2 saturated heterocycles. The maximum atomic E-state index is 13.9. The first kappa shape index (κ1) is 34.2. The number of carbonyl (C=O) groups excluding carboxylic acids is 3. The molecule has 2 aromatic carbocycles. The summed E-state index contributed by atoms with van der Waals surface area (Å²) in [6.45, 7) is 9.83. The quantitative estimate of drug-likeness (QED) is 0.243. The highest BCUT2D eigenvalue weighted by Gasteiger charge is 2.42. The Bertz CT molecular complexity index is 1640. The number of amides is 3. The molecule has 2 aliphatic rings. The average Bonchev–Trinajstić information content (AvgIpc) is 3.76. The molecule has 0 aliphatic carbocycles. The van der Waals surface area contributed by atoms with Crippen LogP contribution in [0.2, 0.25) is 5.02 Å². The summed E-state index contributed by atoms with van der Waals surface area (Å²) in [7, 11) is 3.21. The molecular formula is C34H45ClN8O4. The highest BCUT2D eigenvalue weighted by Crippen LogP contribution is 2.36. The van der Waals surface area contributed by atoms with Crippen LogP contribution in [-0.4, -0.2) is 84.5 Å². The minimum atomic E-state index is -0.807. The number of likely N-dealkylation sites (N-methyl/N-ethyl adjacent to an activating group) is 1. The Morgan fingerprint density at radius 2 is 1.79 bits per heavy atom. The normalized spacial score (nSPS) is 17.8. The van der Waals surface area contributed by atoms with E-state index in [0.717, 1.165) is 37.3 Å². The third-order valence-corrected chi connectivity index (χ3v) is 9.24. The van der Waals surface area contributed by atoms with E-state index in [9.17, 15) is 14.4 Å². The van der Waals surface area contributed by atoms with Crippen LogP contribution >= 0.6 is 11.6 Å². The van der Waals surface area contributed by atoms with E-state index in [1.165, 1.54) is 13.4 Å². The van der Waals surface area contributed by atoms with Gasteiger partial charge in [-0.05, 0) is 69.3 Å². The summed E-state index contributed by atoms with van der Waals surface area (Å²) >= 11 is 6.67. The van der Waals surface area contributed by atoms with E-state index in [-0.39, 0.29) is 17.7 Å². The number of likely N-dealkylation sites (tertiary alicyclic amines) is 1. The lowest BCUT2D eigenvalue weighted by molar-refractivity contribution is -0.143. The summed E-state index contributed by atoms with van der Waals surface area (Å²) < 4.78 is 5.64. The third kappa shape index (κ3) is 7.54. The van der Waals surface area contributed by atoms with Crippen LogP contribution in [0.5, 0.6) is 5.75 Å². The van der Waals surface area contributed by atoms with E-state index in [1.807, 2.05) is 39.0 Å². The Balaban J connectivity index is 1.38. The highest BCUT2D eigenvalue weighted by atomic mass is 35.5. The number of methoxy groups -OCH3 is 1. The Morgan fingerprint density at radius 3 is 2.45 bits per heavy atom. The first-order valence-corrected chi connectivity index (χ1v) is 16.5. The molecule has 47 heavy (non-hydrogen) atoms. The number of rotatable bonds is 10. The van der Waals surface area contributed by atoms with Crippen molar-refractivity contribution < 1.29 is 19.1 Å². The number of halogens is 1. The fourth-order valence-corrected chi connectivity index (χ4v) is 6.42. The van der Waals surface area contributed by atoms with Crippen LogP contribution < -0.4 is 30.9 Å². The second-order valence-electron chi connectivity index (χ2n) is 13.3. The molecule has 5 rings (SSSR count). The molecule has 13 heteroatoms. The molecule has 1 aromatic heterocycles. The number of nitrogens with one attached hydrogen (secondary N) is 4. The summed E-state index contributed by atoms with van der Waals surface area (Å²) in [6, 6.07) is 7.39. The summed E-state index contributed by atoms with van der Waals surface area (Å²) in [5.41, 5.74) is 2.25. The van der Waals surface area contributed by atoms with E-state index in [0.29, 0.717) is 52.6 Å². The monoisotopic (exact) mass is 664 g/mol. The van der Waals surface area contributed by atoms with Crippen molar-refractivity contribution in [3.8, 4) is 5.75 Å². The predicted molar refractivity (Wildman–Crippen MR) is 186 cm³/mol. The zero-order chi connectivity index (χ0) is 33.9. The molecule has 252 valence electrons. The number of benzene rings is 2. The lowest BCUT2D eigenvalue weighted by Crippen LogP contribution is -2.59. The lowest BCUT2D eigenvalue weighted by Gasteiger charge is -2.36. The van der Waals surface area contributed by atoms with Gasteiger partial charge in [0.1, 0.15) is 30.0 Å². The van der Waals surface area contributed by atoms with Crippen LogP contribution in [0, 0.1) is 5.41 Å². The van der Waals surface area contributed by atoms with Gasteiger partial charge in [-0.1, -0.05) is 32.4 Å². The van der Waals surface area contributed by atoms with Gasteiger partial charge in [-0.2, -0.15) is 0 Å². The molecule has 3 amide bonds. The number of anilines is 4. The molecule has 0 spiro atoms. The second-order valence-corrected chi connectivity index (χ2v) is 13.7. The van der Waals surface area contributed by atoms with Gasteiger partial charge in [0.15, 0.2) is 0 Å². The molecule has 4 N–H and O–H groups in total. The van der Waals surface area contributed by atoms with Crippen LogP contribution in [0.25, 0.3) is 10.9 Å².